The zero-order valence-electron chi connectivity index (χ0n) is 12.5. The van der Waals surface area contributed by atoms with Crippen LogP contribution >= 0.6 is 11.8 Å². The largest absolute Gasteiger partial charge is 0.497 e. The Hall–Kier alpha value is -0.670. The zero-order chi connectivity index (χ0) is 14.0. The fourth-order valence-corrected chi connectivity index (χ4v) is 4.04. The molecule has 2 saturated carbocycles. The van der Waals surface area contributed by atoms with Crippen molar-refractivity contribution >= 4 is 11.8 Å². The molecule has 1 N–H and O–H groups in total. The van der Waals surface area contributed by atoms with Gasteiger partial charge in [-0.05, 0) is 55.6 Å². The van der Waals surface area contributed by atoms with E-state index in [1.54, 1.807) is 7.11 Å². The third kappa shape index (κ3) is 2.99. The van der Waals surface area contributed by atoms with Crippen LogP contribution < -0.4 is 10.1 Å². The summed E-state index contributed by atoms with van der Waals surface area (Å²) in [6.07, 6.45) is 9.16. The standard InChI is InChI=1S/C17H25NOS/c1-19-15-8-6-14(7-9-15)16(13-4-5-13)18-12-17(20-2)10-3-11-17/h6-9,13,16,18H,3-5,10-12H2,1-2H3. The number of benzene rings is 1. The molecule has 1 aromatic rings. The van der Waals surface area contributed by atoms with Gasteiger partial charge in [-0.1, -0.05) is 18.6 Å². The summed E-state index contributed by atoms with van der Waals surface area (Å²) in [6.45, 7) is 1.15. The SMILES string of the molecule is COc1ccc(C(NCC2(SC)CCC2)C2CC2)cc1. The second-order valence-corrected chi connectivity index (χ2v) is 7.48. The predicted molar refractivity (Wildman–Crippen MR) is 86.6 cm³/mol. The molecule has 0 saturated heterocycles. The van der Waals surface area contributed by atoms with Gasteiger partial charge in [0.15, 0.2) is 0 Å². The van der Waals surface area contributed by atoms with Gasteiger partial charge in [0.05, 0.1) is 7.11 Å². The quantitative estimate of drug-likeness (QED) is 0.820. The van der Waals surface area contributed by atoms with Crippen molar-refractivity contribution in [1.82, 2.24) is 5.32 Å². The van der Waals surface area contributed by atoms with E-state index in [4.69, 9.17) is 4.74 Å². The highest BCUT2D eigenvalue weighted by Crippen LogP contribution is 2.45. The Balaban J connectivity index is 1.65. The number of nitrogens with one attached hydrogen (secondary N) is 1. The topological polar surface area (TPSA) is 21.3 Å². The Morgan fingerprint density at radius 2 is 2.00 bits per heavy atom. The van der Waals surface area contributed by atoms with Crippen molar-refractivity contribution in [3.05, 3.63) is 29.8 Å². The van der Waals surface area contributed by atoms with E-state index >= 15 is 0 Å². The molecule has 0 radical (unpaired) electrons. The van der Waals surface area contributed by atoms with Crippen LogP contribution in [0.2, 0.25) is 0 Å². The van der Waals surface area contributed by atoms with Crippen molar-refractivity contribution in [1.29, 1.82) is 0 Å². The van der Waals surface area contributed by atoms with Crippen molar-refractivity contribution in [2.24, 2.45) is 5.92 Å². The van der Waals surface area contributed by atoms with Crippen molar-refractivity contribution in [3.8, 4) is 5.75 Å². The van der Waals surface area contributed by atoms with Crippen LogP contribution in [0.4, 0.5) is 0 Å². The Bertz CT molecular complexity index is 431. The summed E-state index contributed by atoms with van der Waals surface area (Å²) in [5.74, 6) is 1.78. The van der Waals surface area contributed by atoms with E-state index < -0.39 is 0 Å². The number of hydrogen-bond acceptors (Lipinski definition) is 3. The summed E-state index contributed by atoms with van der Waals surface area (Å²) in [7, 11) is 1.73. The molecule has 0 spiro atoms. The van der Waals surface area contributed by atoms with Gasteiger partial charge in [-0.15, -0.1) is 0 Å². The van der Waals surface area contributed by atoms with Gasteiger partial charge >= 0.3 is 0 Å². The van der Waals surface area contributed by atoms with Gasteiger partial charge in [-0.25, -0.2) is 0 Å². The normalized spacial score (nSPS) is 22.1. The number of thioether (sulfide) groups is 1. The molecule has 1 atom stereocenters. The lowest BCUT2D eigenvalue weighted by Crippen LogP contribution is -2.44. The molecule has 1 aromatic carbocycles. The average molecular weight is 291 g/mol. The molecule has 0 amide bonds. The maximum absolute atomic E-state index is 5.26. The fraction of sp³-hybridized carbons (Fsp3) is 0.647. The van der Waals surface area contributed by atoms with Crippen LogP contribution in [0.5, 0.6) is 5.75 Å². The third-order valence-electron chi connectivity index (χ3n) is 4.91. The molecule has 1 unspecified atom stereocenters. The smallest absolute Gasteiger partial charge is 0.118 e. The summed E-state index contributed by atoms with van der Waals surface area (Å²) in [4.78, 5) is 0. The maximum atomic E-state index is 5.26. The molecule has 0 aromatic heterocycles. The molecule has 20 heavy (non-hydrogen) atoms. The van der Waals surface area contributed by atoms with Crippen molar-refractivity contribution in [2.75, 3.05) is 19.9 Å². The van der Waals surface area contributed by atoms with Crippen LogP contribution in [0.1, 0.15) is 43.7 Å². The van der Waals surface area contributed by atoms with E-state index in [2.05, 4.69) is 47.6 Å². The molecule has 3 rings (SSSR count). The highest BCUT2D eigenvalue weighted by molar-refractivity contribution is 8.00. The monoisotopic (exact) mass is 291 g/mol. The van der Waals surface area contributed by atoms with Gasteiger partial charge in [0.2, 0.25) is 0 Å². The van der Waals surface area contributed by atoms with Crippen molar-refractivity contribution in [2.45, 2.75) is 42.9 Å². The molecule has 3 heteroatoms. The molecule has 2 aliphatic rings. The second kappa shape index (κ2) is 5.98. The van der Waals surface area contributed by atoms with Crippen LogP contribution in [-0.2, 0) is 0 Å². The molecular formula is C17H25NOS. The Kier molecular flexibility index (Phi) is 4.27. The van der Waals surface area contributed by atoms with E-state index in [0.717, 1.165) is 18.2 Å². The number of ether oxygens (including phenoxy) is 1. The summed E-state index contributed by atoms with van der Waals surface area (Å²) in [5.41, 5.74) is 1.42. The van der Waals surface area contributed by atoms with Crippen LogP contribution in [-0.4, -0.2) is 24.7 Å². The van der Waals surface area contributed by atoms with Gasteiger partial charge in [-0.2, -0.15) is 11.8 Å². The summed E-state index contributed by atoms with van der Waals surface area (Å²) in [6, 6.07) is 9.15. The Morgan fingerprint density at radius 3 is 2.45 bits per heavy atom. The van der Waals surface area contributed by atoms with Crippen molar-refractivity contribution < 1.29 is 4.74 Å². The molecule has 2 nitrogen and oxygen atoms in total. The average Bonchev–Trinajstić information content (AvgIpc) is 3.27. The first-order valence-corrected chi connectivity index (χ1v) is 8.91. The van der Waals surface area contributed by atoms with Crippen molar-refractivity contribution in [3.63, 3.8) is 0 Å². The van der Waals surface area contributed by atoms with Gasteiger partial charge in [0, 0.05) is 17.3 Å². The van der Waals surface area contributed by atoms with E-state index in [1.807, 2.05) is 0 Å². The van der Waals surface area contributed by atoms with Crippen LogP contribution in [0.3, 0.4) is 0 Å². The minimum Gasteiger partial charge on any atom is -0.497 e. The predicted octanol–water partition coefficient (Wildman–Crippen LogP) is 4.02. The maximum Gasteiger partial charge on any atom is 0.118 e. The molecule has 2 aliphatic carbocycles. The van der Waals surface area contributed by atoms with Crippen LogP contribution in [0, 0.1) is 5.92 Å². The minimum atomic E-state index is 0.514. The van der Waals surface area contributed by atoms with Crippen LogP contribution in [0.15, 0.2) is 24.3 Å². The molecule has 0 aliphatic heterocycles. The third-order valence-corrected chi connectivity index (χ3v) is 6.33. The van der Waals surface area contributed by atoms with Gasteiger partial charge in [0.25, 0.3) is 0 Å². The molecule has 2 fully saturated rings. The van der Waals surface area contributed by atoms with E-state index in [0.29, 0.717) is 10.8 Å². The summed E-state index contributed by atoms with van der Waals surface area (Å²) >= 11 is 2.05. The Labute approximate surface area is 126 Å². The van der Waals surface area contributed by atoms with E-state index in [1.165, 1.54) is 37.7 Å². The lowest BCUT2D eigenvalue weighted by atomic mass is 9.83. The highest BCUT2D eigenvalue weighted by Gasteiger charge is 2.38. The molecule has 0 bridgehead atoms. The number of hydrogen-bond donors (Lipinski definition) is 1. The minimum absolute atomic E-state index is 0.514. The fourth-order valence-electron chi connectivity index (χ4n) is 3.12. The van der Waals surface area contributed by atoms with Gasteiger partial charge < -0.3 is 10.1 Å². The first-order valence-electron chi connectivity index (χ1n) is 7.69. The van der Waals surface area contributed by atoms with Gasteiger partial charge in [-0.3, -0.25) is 0 Å². The molecule has 110 valence electrons. The number of rotatable bonds is 7. The van der Waals surface area contributed by atoms with E-state index in [9.17, 15) is 0 Å². The van der Waals surface area contributed by atoms with Crippen LogP contribution in [0.25, 0.3) is 0 Å². The second-order valence-electron chi connectivity index (χ2n) is 6.21. The van der Waals surface area contributed by atoms with E-state index in [-0.39, 0.29) is 0 Å². The number of methoxy groups -OCH3 is 1. The zero-order valence-corrected chi connectivity index (χ0v) is 13.3. The summed E-state index contributed by atoms with van der Waals surface area (Å²) in [5, 5.41) is 3.87. The van der Waals surface area contributed by atoms with Gasteiger partial charge in [0.1, 0.15) is 5.75 Å². The molecule has 0 heterocycles. The highest BCUT2D eigenvalue weighted by atomic mass is 32.2. The first kappa shape index (κ1) is 14.3. The first-order chi connectivity index (χ1) is 9.76. The summed E-state index contributed by atoms with van der Waals surface area (Å²) < 4.78 is 5.77. The lowest BCUT2D eigenvalue weighted by Gasteiger charge is -2.41. The lowest BCUT2D eigenvalue weighted by molar-refractivity contribution is 0.322. The molecular weight excluding hydrogens is 266 g/mol. The Morgan fingerprint density at radius 1 is 1.30 bits per heavy atom.